The molecule has 0 unspecified atom stereocenters. The Morgan fingerprint density at radius 3 is 2.43 bits per heavy atom. The summed E-state index contributed by atoms with van der Waals surface area (Å²) in [6.45, 7) is 1.84. The Balaban J connectivity index is 1.73. The zero-order valence-corrected chi connectivity index (χ0v) is 21.5. The maximum Gasteiger partial charge on any atom is 0.264 e. The molecule has 192 valence electrons. The van der Waals surface area contributed by atoms with E-state index in [-0.39, 0.29) is 42.3 Å². The van der Waals surface area contributed by atoms with E-state index in [2.05, 4.69) is 0 Å². The lowest BCUT2D eigenvalue weighted by atomic mass is 10.0. The molecule has 6 nitrogen and oxygen atoms in total. The van der Waals surface area contributed by atoms with Gasteiger partial charge >= 0.3 is 0 Å². The summed E-state index contributed by atoms with van der Waals surface area (Å²) in [7, 11) is 3.23. The minimum Gasteiger partial charge on any atom is -0.496 e. The first-order valence-electron chi connectivity index (χ1n) is 11.6. The molecule has 4 rings (SSSR count). The van der Waals surface area contributed by atoms with E-state index >= 15 is 0 Å². The molecule has 0 bridgehead atoms. The Morgan fingerprint density at radius 1 is 1.08 bits per heavy atom. The number of hydrogen-bond donors (Lipinski definition) is 0. The van der Waals surface area contributed by atoms with Gasteiger partial charge in [0.1, 0.15) is 11.5 Å². The maximum atomic E-state index is 13.7. The molecule has 0 saturated heterocycles. The van der Waals surface area contributed by atoms with Crippen molar-refractivity contribution in [2.75, 3.05) is 13.7 Å². The van der Waals surface area contributed by atoms with Crippen LogP contribution in [0.4, 0.5) is 8.78 Å². The smallest absolute Gasteiger partial charge is 0.264 e. The van der Waals surface area contributed by atoms with Crippen molar-refractivity contribution in [1.29, 1.82) is 0 Å². The standard InChI is InChI=1S/C28H26F2N2O4S/c1-17(33)12-13-32(15-18-4-6-19(7-5-18)27(29)30)28(35)24-14-22-23(36-3)10-9-21(26(22)37-24)20-8-11-25(34)31(2)16-20/h4-11,14,16,27H,12-13,15H2,1-3H3. The molecular weight excluding hydrogens is 498 g/mol. The van der Waals surface area contributed by atoms with Crippen molar-refractivity contribution >= 4 is 33.1 Å². The van der Waals surface area contributed by atoms with Gasteiger partial charge < -0.3 is 14.2 Å². The third-order valence-electron chi connectivity index (χ3n) is 6.10. The van der Waals surface area contributed by atoms with Gasteiger partial charge in [-0.1, -0.05) is 24.3 Å². The van der Waals surface area contributed by atoms with Crippen LogP contribution in [0.1, 0.15) is 40.6 Å². The minimum atomic E-state index is -2.57. The molecule has 37 heavy (non-hydrogen) atoms. The van der Waals surface area contributed by atoms with Crippen LogP contribution in [0.5, 0.6) is 5.75 Å². The van der Waals surface area contributed by atoms with Gasteiger partial charge in [-0.3, -0.25) is 14.4 Å². The topological polar surface area (TPSA) is 68.6 Å². The third-order valence-corrected chi connectivity index (χ3v) is 7.25. The first-order valence-corrected chi connectivity index (χ1v) is 12.4. The highest BCUT2D eigenvalue weighted by molar-refractivity contribution is 7.21. The fourth-order valence-corrected chi connectivity index (χ4v) is 5.23. The number of methoxy groups -OCH3 is 1. The lowest BCUT2D eigenvalue weighted by Gasteiger charge is -2.22. The summed E-state index contributed by atoms with van der Waals surface area (Å²) in [5.41, 5.74) is 2.15. The summed E-state index contributed by atoms with van der Waals surface area (Å²) in [5, 5.41) is 0.759. The molecule has 0 spiro atoms. The second kappa shape index (κ2) is 11.0. The highest BCUT2D eigenvalue weighted by Crippen LogP contribution is 2.40. The Labute approximate surface area is 216 Å². The van der Waals surface area contributed by atoms with Crippen LogP contribution in [0.25, 0.3) is 21.2 Å². The van der Waals surface area contributed by atoms with Gasteiger partial charge in [-0.2, -0.15) is 0 Å². The van der Waals surface area contributed by atoms with Crippen molar-refractivity contribution in [3.8, 4) is 16.9 Å². The van der Waals surface area contributed by atoms with E-state index in [0.717, 1.165) is 21.2 Å². The molecule has 9 heteroatoms. The van der Waals surface area contributed by atoms with E-state index in [1.54, 1.807) is 49.5 Å². The number of carbonyl (C=O) groups excluding carboxylic acids is 2. The first kappa shape index (κ1) is 26.2. The predicted molar refractivity (Wildman–Crippen MR) is 140 cm³/mol. The summed E-state index contributed by atoms with van der Waals surface area (Å²) in [4.78, 5) is 39.3. The lowest BCUT2D eigenvalue weighted by Crippen LogP contribution is -2.31. The average Bonchev–Trinajstić information content (AvgIpc) is 3.33. The summed E-state index contributed by atoms with van der Waals surface area (Å²) < 4.78 is 33.8. The van der Waals surface area contributed by atoms with Crippen molar-refractivity contribution in [3.05, 3.63) is 87.2 Å². The van der Waals surface area contributed by atoms with E-state index in [1.165, 1.54) is 41.0 Å². The van der Waals surface area contributed by atoms with E-state index in [0.29, 0.717) is 16.2 Å². The van der Waals surface area contributed by atoms with Gasteiger partial charge in [0.2, 0.25) is 5.56 Å². The van der Waals surface area contributed by atoms with E-state index < -0.39 is 6.43 Å². The number of aryl methyl sites for hydroxylation is 1. The summed E-state index contributed by atoms with van der Waals surface area (Å²) in [6.07, 6.45) is -0.648. The number of thiophene rings is 1. The molecule has 0 aliphatic rings. The molecule has 0 atom stereocenters. The third kappa shape index (κ3) is 5.77. The molecule has 0 N–H and O–H groups in total. The second-order valence-electron chi connectivity index (χ2n) is 8.76. The Kier molecular flexibility index (Phi) is 7.83. The number of rotatable bonds is 9. The molecule has 0 fully saturated rings. The van der Waals surface area contributed by atoms with Crippen LogP contribution >= 0.6 is 11.3 Å². The zero-order chi connectivity index (χ0) is 26.7. The van der Waals surface area contributed by atoms with Gasteiger partial charge in [-0.05, 0) is 42.3 Å². The fourth-order valence-electron chi connectivity index (χ4n) is 4.05. The first-order chi connectivity index (χ1) is 17.7. The van der Waals surface area contributed by atoms with Crippen LogP contribution in [0.15, 0.2) is 65.6 Å². The molecule has 0 aliphatic carbocycles. The molecule has 1 amide bonds. The SMILES string of the molecule is COc1ccc(-c2ccc(=O)n(C)c2)c2sc(C(=O)N(CCC(C)=O)Cc3ccc(C(F)F)cc3)cc12. The van der Waals surface area contributed by atoms with Crippen molar-refractivity contribution in [3.63, 3.8) is 0 Å². The predicted octanol–water partition coefficient (Wildman–Crippen LogP) is 5.83. The number of pyridine rings is 1. The number of nitrogens with zero attached hydrogens (tertiary/aromatic N) is 2. The van der Waals surface area contributed by atoms with E-state index in [4.69, 9.17) is 4.74 Å². The normalized spacial score (nSPS) is 11.2. The van der Waals surface area contributed by atoms with Crippen LogP contribution in [0.3, 0.4) is 0 Å². The van der Waals surface area contributed by atoms with Crippen LogP contribution < -0.4 is 10.3 Å². The number of amides is 1. The number of hydrogen-bond acceptors (Lipinski definition) is 5. The summed E-state index contributed by atoms with van der Waals surface area (Å²) in [5.74, 6) is 0.284. The molecule has 2 heterocycles. The maximum absolute atomic E-state index is 13.7. The largest absolute Gasteiger partial charge is 0.496 e. The molecule has 2 aromatic heterocycles. The number of benzene rings is 2. The number of halogens is 2. The number of alkyl halides is 2. The molecule has 2 aromatic carbocycles. The number of aromatic nitrogens is 1. The molecular formula is C28H26F2N2O4S. The highest BCUT2D eigenvalue weighted by atomic mass is 32.1. The van der Waals surface area contributed by atoms with Gasteiger partial charge in [-0.25, -0.2) is 8.78 Å². The minimum absolute atomic E-state index is 0.0548. The molecule has 0 saturated carbocycles. The van der Waals surface area contributed by atoms with Crippen LogP contribution in [-0.2, 0) is 18.4 Å². The Hall–Kier alpha value is -3.85. The number of fused-ring (bicyclic) bond motifs is 1. The van der Waals surface area contributed by atoms with E-state index in [1.807, 2.05) is 12.1 Å². The number of carbonyl (C=O) groups is 2. The average molecular weight is 525 g/mol. The Morgan fingerprint density at radius 2 is 1.81 bits per heavy atom. The number of ketones is 1. The summed E-state index contributed by atoms with van der Waals surface area (Å²) in [6, 6.07) is 14.6. The number of Topliss-reactive ketones (excluding diaryl/α,β-unsaturated/α-hetero) is 1. The van der Waals surface area contributed by atoms with Crippen molar-refractivity contribution in [2.45, 2.75) is 26.3 Å². The van der Waals surface area contributed by atoms with Gasteiger partial charge in [0.15, 0.2) is 0 Å². The molecule has 0 radical (unpaired) electrons. The fraction of sp³-hybridized carbons (Fsp3) is 0.250. The monoisotopic (exact) mass is 524 g/mol. The molecule has 4 aromatic rings. The zero-order valence-electron chi connectivity index (χ0n) is 20.7. The van der Waals surface area contributed by atoms with Gasteiger partial charge in [-0.15, -0.1) is 11.3 Å². The van der Waals surface area contributed by atoms with Crippen molar-refractivity contribution in [1.82, 2.24) is 9.47 Å². The summed E-state index contributed by atoms with van der Waals surface area (Å²) >= 11 is 1.30. The van der Waals surface area contributed by atoms with Crippen molar-refractivity contribution < 1.29 is 23.1 Å². The van der Waals surface area contributed by atoms with Crippen LogP contribution in [0.2, 0.25) is 0 Å². The Bertz CT molecular complexity index is 1510. The van der Waals surface area contributed by atoms with Gasteiger partial charge in [0, 0.05) is 60.0 Å². The number of ether oxygens (including phenoxy) is 1. The van der Waals surface area contributed by atoms with Crippen LogP contribution in [0, 0.1) is 0 Å². The highest BCUT2D eigenvalue weighted by Gasteiger charge is 2.22. The van der Waals surface area contributed by atoms with E-state index in [9.17, 15) is 23.2 Å². The van der Waals surface area contributed by atoms with Gasteiger partial charge in [0.25, 0.3) is 12.3 Å². The second-order valence-corrected chi connectivity index (χ2v) is 9.81. The van der Waals surface area contributed by atoms with Crippen LogP contribution in [-0.4, -0.2) is 34.8 Å². The van der Waals surface area contributed by atoms with Crippen molar-refractivity contribution in [2.24, 2.45) is 7.05 Å². The lowest BCUT2D eigenvalue weighted by molar-refractivity contribution is -0.117. The quantitative estimate of drug-likeness (QED) is 0.276. The van der Waals surface area contributed by atoms with Gasteiger partial charge in [0.05, 0.1) is 12.0 Å². The molecule has 0 aliphatic heterocycles.